The van der Waals surface area contributed by atoms with Crippen molar-refractivity contribution in [3.63, 3.8) is 0 Å². The Bertz CT molecular complexity index is 579. The number of carbonyl (C=O) groups is 1. The van der Waals surface area contributed by atoms with Crippen LogP contribution in [0.3, 0.4) is 0 Å². The Kier molecular flexibility index (Phi) is 6.42. The van der Waals surface area contributed by atoms with Crippen molar-refractivity contribution in [2.24, 2.45) is 7.05 Å². The maximum Gasteiger partial charge on any atom is 0.490 e. The van der Waals surface area contributed by atoms with Crippen LogP contribution in [0.1, 0.15) is 18.4 Å². The number of carboxylic acids is 1. The molecule has 1 aliphatic heterocycles. The fourth-order valence-corrected chi connectivity index (χ4v) is 3.23. The lowest BCUT2D eigenvalue weighted by molar-refractivity contribution is -0.192. The first kappa shape index (κ1) is 19.7. The third-order valence-corrected chi connectivity index (χ3v) is 4.34. The van der Waals surface area contributed by atoms with Gasteiger partial charge in [-0.05, 0) is 12.8 Å². The van der Waals surface area contributed by atoms with Gasteiger partial charge >= 0.3 is 12.1 Å². The average molecular weight is 365 g/mol. The minimum atomic E-state index is -5.08. The highest BCUT2D eigenvalue weighted by Gasteiger charge is 2.42. The normalized spacial score (nSPS) is 26.7. The van der Waals surface area contributed by atoms with Crippen molar-refractivity contribution in [2.75, 3.05) is 20.3 Å². The van der Waals surface area contributed by atoms with Crippen molar-refractivity contribution in [1.29, 1.82) is 0 Å². The fraction of sp³-hybridized carbons (Fsp3) is 0.733. The molecule has 1 aromatic heterocycles. The van der Waals surface area contributed by atoms with Gasteiger partial charge in [-0.15, -0.1) is 0 Å². The predicted octanol–water partition coefficient (Wildman–Crippen LogP) is 1.43. The van der Waals surface area contributed by atoms with Crippen LogP contribution in [0.2, 0.25) is 0 Å². The van der Waals surface area contributed by atoms with Gasteiger partial charge in [-0.1, -0.05) is 0 Å². The first-order valence-electron chi connectivity index (χ1n) is 7.88. The number of aromatic nitrogens is 2. The Labute approximate surface area is 143 Å². The molecule has 1 saturated carbocycles. The Morgan fingerprint density at radius 2 is 2.16 bits per heavy atom. The van der Waals surface area contributed by atoms with Crippen molar-refractivity contribution in [3.05, 3.63) is 18.0 Å². The molecule has 0 unspecified atom stereocenters. The monoisotopic (exact) mass is 365 g/mol. The number of hydrogen-bond acceptors (Lipinski definition) is 5. The molecule has 3 atom stereocenters. The first-order valence-corrected chi connectivity index (χ1v) is 7.88. The van der Waals surface area contributed by atoms with E-state index in [0.717, 1.165) is 26.1 Å². The van der Waals surface area contributed by atoms with Crippen molar-refractivity contribution in [2.45, 2.75) is 43.8 Å². The summed E-state index contributed by atoms with van der Waals surface area (Å²) in [6, 6.07) is 0.504. The van der Waals surface area contributed by atoms with E-state index in [9.17, 15) is 13.2 Å². The molecule has 1 N–H and O–H groups in total. The Morgan fingerprint density at radius 3 is 2.68 bits per heavy atom. The number of carboxylic acid groups (broad SMARTS) is 1. The third-order valence-electron chi connectivity index (χ3n) is 4.34. The zero-order chi connectivity index (χ0) is 18.6. The second-order valence-electron chi connectivity index (χ2n) is 6.05. The lowest BCUT2D eigenvalue weighted by atomic mass is 10.1. The number of fused-ring (bicyclic) bond motifs is 1. The molecule has 7 nitrogen and oxygen atoms in total. The van der Waals surface area contributed by atoms with E-state index in [1.165, 1.54) is 12.0 Å². The van der Waals surface area contributed by atoms with Crippen LogP contribution in [0.15, 0.2) is 12.4 Å². The van der Waals surface area contributed by atoms with Gasteiger partial charge in [0.1, 0.15) is 0 Å². The second kappa shape index (κ2) is 8.15. The SMILES string of the molecule is CO[C@@H]1CC[C@H]2[C@H]1OCCN2Cc1cnn(C)c1.O=C(O)C(F)(F)F. The molecule has 0 amide bonds. The summed E-state index contributed by atoms with van der Waals surface area (Å²) in [5.41, 5.74) is 1.28. The highest BCUT2D eigenvalue weighted by atomic mass is 19.4. The van der Waals surface area contributed by atoms with Gasteiger partial charge in [0, 0.05) is 45.0 Å². The minimum absolute atomic E-state index is 0.250. The zero-order valence-corrected chi connectivity index (χ0v) is 14.1. The van der Waals surface area contributed by atoms with Gasteiger partial charge in [-0.2, -0.15) is 18.3 Å². The molecule has 2 heterocycles. The predicted molar refractivity (Wildman–Crippen MR) is 80.9 cm³/mol. The van der Waals surface area contributed by atoms with E-state index in [4.69, 9.17) is 19.4 Å². The van der Waals surface area contributed by atoms with Crippen LogP contribution in [-0.4, -0.2) is 70.4 Å². The third kappa shape index (κ3) is 5.16. The van der Waals surface area contributed by atoms with Crippen LogP contribution < -0.4 is 0 Å². The molecule has 1 aromatic rings. The molecule has 142 valence electrons. The maximum atomic E-state index is 10.6. The summed E-state index contributed by atoms with van der Waals surface area (Å²) in [4.78, 5) is 11.4. The zero-order valence-electron chi connectivity index (χ0n) is 14.1. The van der Waals surface area contributed by atoms with E-state index in [2.05, 4.69) is 16.2 Å². The summed E-state index contributed by atoms with van der Waals surface area (Å²) in [6.45, 7) is 2.78. The number of methoxy groups -OCH3 is 1. The molecule has 1 saturated heterocycles. The van der Waals surface area contributed by atoms with Gasteiger partial charge in [-0.3, -0.25) is 9.58 Å². The standard InChI is InChI=1S/C13H21N3O2.C2HF3O2/c1-15-8-10(7-14-15)9-16-5-6-18-13-11(16)3-4-12(13)17-2;3-2(4,5)1(6)7/h7-8,11-13H,3-6,9H2,1-2H3;(H,6,7)/t11-,12+,13+;/m0./s1. The fourth-order valence-electron chi connectivity index (χ4n) is 3.23. The van der Waals surface area contributed by atoms with E-state index in [1.807, 2.05) is 17.9 Å². The summed E-state index contributed by atoms with van der Waals surface area (Å²) in [6.07, 6.45) is 1.76. The van der Waals surface area contributed by atoms with Gasteiger partial charge in [0.2, 0.25) is 0 Å². The van der Waals surface area contributed by atoms with Crippen LogP contribution in [0.25, 0.3) is 0 Å². The smallest absolute Gasteiger partial charge is 0.475 e. The lowest BCUT2D eigenvalue weighted by Crippen LogP contribution is -2.51. The van der Waals surface area contributed by atoms with Crippen molar-refractivity contribution >= 4 is 5.97 Å². The number of morpholine rings is 1. The summed E-state index contributed by atoms with van der Waals surface area (Å²) in [5, 5.41) is 11.4. The summed E-state index contributed by atoms with van der Waals surface area (Å²) in [7, 11) is 3.75. The number of ether oxygens (including phenoxy) is 2. The molecule has 10 heteroatoms. The molecule has 0 bridgehead atoms. The highest BCUT2D eigenvalue weighted by molar-refractivity contribution is 5.73. The topological polar surface area (TPSA) is 76.8 Å². The molecular weight excluding hydrogens is 343 g/mol. The molecule has 3 rings (SSSR count). The summed E-state index contributed by atoms with van der Waals surface area (Å²) >= 11 is 0. The summed E-state index contributed by atoms with van der Waals surface area (Å²) < 4.78 is 45.0. The van der Waals surface area contributed by atoms with E-state index < -0.39 is 12.1 Å². The number of hydrogen-bond donors (Lipinski definition) is 1. The highest BCUT2D eigenvalue weighted by Crippen LogP contribution is 2.32. The Balaban J connectivity index is 0.000000277. The number of alkyl halides is 3. The van der Waals surface area contributed by atoms with Crippen LogP contribution in [-0.2, 0) is 27.9 Å². The van der Waals surface area contributed by atoms with E-state index >= 15 is 0 Å². The van der Waals surface area contributed by atoms with Crippen LogP contribution in [0.4, 0.5) is 13.2 Å². The van der Waals surface area contributed by atoms with Gasteiger partial charge in [-0.25, -0.2) is 4.79 Å². The van der Waals surface area contributed by atoms with E-state index in [1.54, 1.807) is 7.11 Å². The van der Waals surface area contributed by atoms with Crippen LogP contribution >= 0.6 is 0 Å². The number of aliphatic carboxylic acids is 1. The second-order valence-corrected chi connectivity index (χ2v) is 6.05. The van der Waals surface area contributed by atoms with Gasteiger partial charge in [0.05, 0.1) is 25.0 Å². The molecular formula is C15H22F3N3O4. The number of rotatable bonds is 3. The quantitative estimate of drug-likeness (QED) is 0.873. The number of nitrogens with zero attached hydrogens (tertiary/aromatic N) is 3. The molecule has 2 fully saturated rings. The Hall–Kier alpha value is -1.65. The van der Waals surface area contributed by atoms with Crippen molar-refractivity contribution in [1.82, 2.24) is 14.7 Å². The van der Waals surface area contributed by atoms with E-state index in [-0.39, 0.29) is 12.2 Å². The lowest BCUT2D eigenvalue weighted by Gasteiger charge is -2.38. The molecule has 25 heavy (non-hydrogen) atoms. The number of halogens is 3. The first-order chi connectivity index (χ1) is 11.7. The average Bonchev–Trinajstić information content (AvgIpc) is 3.13. The van der Waals surface area contributed by atoms with Crippen LogP contribution in [0.5, 0.6) is 0 Å². The van der Waals surface area contributed by atoms with Crippen molar-refractivity contribution < 1.29 is 32.5 Å². The Morgan fingerprint density at radius 1 is 1.48 bits per heavy atom. The van der Waals surface area contributed by atoms with Gasteiger partial charge in [0.15, 0.2) is 0 Å². The molecule has 0 aromatic carbocycles. The molecule has 2 aliphatic rings. The summed E-state index contributed by atoms with van der Waals surface area (Å²) in [5.74, 6) is -2.76. The maximum absolute atomic E-state index is 10.6. The van der Waals surface area contributed by atoms with Crippen molar-refractivity contribution in [3.8, 4) is 0 Å². The largest absolute Gasteiger partial charge is 0.490 e. The molecule has 1 aliphatic carbocycles. The van der Waals surface area contributed by atoms with E-state index in [0.29, 0.717) is 6.04 Å². The van der Waals surface area contributed by atoms with Gasteiger partial charge in [0.25, 0.3) is 0 Å². The van der Waals surface area contributed by atoms with Crippen LogP contribution in [0, 0.1) is 0 Å². The van der Waals surface area contributed by atoms with Gasteiger partial charge < -0.3 is 14.6 Å². The minimum Gasteiger partial charge on any atom is -0.475 e. The molecule has 0 radical (unpaired) electrons. The molecule has 0 spiro atoms. The number of aryl methyl sites for hydroxylation is 1.